The minimum Gasteiger partial charge on any atom is -0.463 e. The van der Waals surface area contributed by atoms with Gasteiger partial charge in [-0.1, -0.05) is 27.2 Å². The molecule has 0 aromatic heterocycles. The Morgan fingerprint density at radius 1 is 1.40 bits per heavy atom. The first kappa shape index (κ1) is 17.5. The number of hydrogen-bond acceptors (Lipinski definition) is 3. The third kappa shape index (κ3) is 5.82. The maximum absolute atomic E-state index is 11.3. The van der Waals surface area contributed by atoms with Gasteiger partial charge in [0.25, 0.3) is 0 Å². The van der Waals surface area contributed by atoms with Crippen molar-refractivity contribution in [3.63, 3.8) is 0 Å². The Bertz CT molecular complexity index is 320. The first-order chi connectivity index (χ1) is 9.15. The average molecular weight is 284 g/mol. The summed E-state index contributed by atoms with van der Waals surface area (Å²) in [4.78, 5) is 11.3. The lowest BCUT2D eigenvalue weighted by Gasteiger charge is -2.40. The maximum Gasteiger partial charge on any atom is 0.305 e. The Kier molecular flexibility index (Phi) is 6.06. The van der Waals surface area contributed by atoms with E-state index in [0.717, 1.165) is 0 Å². The molecular weight excluding hydrogens is 252 g/mol. The van der Waals surface area contributed by atoms with Crippen molar-refractivity contribution in [2.24, 2.45) is 11.3 Å². The molecule has 1 saturated carbocycles. The molecule has 0 amide bonds. The number of carbonyl (C=O) groups excluding carboxylic acids is 1. The maximum atomic E-state index is 11.3. The van der Waals surface area contributed by atoms with Gasteiger partial charge in [0.2, 0.25) is 0 Å². The van der Waals surface area contributed by atoms with Crippen LogP contribution in [0.5, 0.6) is 0 Å². The minimum atomic E-state index is -0.411. The van der Waals surface area contributed by atoms with Crippen LogP contribution in [0.25, 0.3) is 0 Å². The van der Waals surface area contributed by atoms with Crippen molar-refractivity contribution in [1.29, 1.82) is 0 Å². The van der Waals surface area contributed by atoms with Gasteiger partial charge in [0.1, 0.15) is 6.61 Å². The van der Waals surface area contributed by atoms with E-state index in [4.69, 9.17) is 9.47 Å². The molecule has 1 fully saturated rings. The summed E-state index contributed by atoms with van der Waals surface area (Å²) in [5.74, 6) is 0.452. The molecule has 2 unspecified atom stereocenters. The fraction of sp³-hybridized carbons (Fsp3) is 0.941. The van der Waals surface area contributed by atoms with Crippen LogP contribution in [0.4, 0.5) is 0 Å². The lowest BCUT2D eigenvalue weighted by atomic mass is 9.71. The standard InChI is InChI=1S/C17H32O3/c1-7-15(18)19-12-17(5,6)20-13(2)14-9-8-10-16(3,4)11-14/h13-14H,7-12H2,1-6H3. The largest absolute Gasteiger partial charge is 0.463 e. The summed E-state index contributed by atoms with van der Waals surface area (Å²) in [6.45, 7) is 13.0. The molecule has 3 heteroatoms. The highest BCUT2D eigenvalue weighted by Crippen LogP contribution is 2.41. The zero-order valence-electron chi connectivity index (χ0n) is 14.1. The van der Waals surface area contributed by atoms with Crippen molar-refractivity contribution in [2.45, 2.75) is 85.4 Å². The Morgan fingerprint density at radius 2 is 2.05 bits per heavy atom. The summed E-state index contributed by atoms with van der Waals surface area (Å²) in [5.41, 5.74) is 0.0190. The van der Waals surface area contributed by atoms with Gasteiger partial charge in [0.05, 0.1) is 11.7 Å². The zero-order valence-corrected chi connectivity index (χ0v) is 14.1. The van der Waals surface area contributed by atoms with Crippen LogP contribution in [0.1, 0.15) is 73.6 Å². The highest BCUT2D eigenvalue weighted by Gasteiger charge is 2.34. The molecule has 118 valence electrons. The number of hydrogen-bond donors (Lipinski definition) is 0. The van der Waals surface area contributed by atoms with E-state index in [1.807, 2.05) is 20.8 Å². The second-order valence-electron chi connectivity index (χ2n) is 7.62. The lowest BCUT2D eigenvalue weighted by molar-refractivity contribution is -0.161. The van der Waals surface area contributed by atoms with Gasteiger partial charge in [-0.3, -0.25) is 4.79 Å². The van der Waals surface area contributed by atoms with E-state index in [1.54, 1.807) is 0 Å². The molecule has 0 radical (unpaired) electrons. The summed E-state index contributed by atoms with van der Waals surface area (Å²) >= 11 is 0. The highest BCUT2D eigenvalue weighted by atomic mass is 16.6. The predicted octanol–water partition coefficient (Wildman–Crippen LogP) is 4.34. The molecule has 0 aliphatic heterocycles. The first-order valence-electron chi connectivity index (χ1n) is 7.99. The summed E-state index contributed by atoms with van der Waals surface area (Å²) in [6.07, 6.45) is 5.70. The minimum absolute atomic E-state index is 0.159. The van der Waals surface area contributed by atoms with Crippen LogP contribution in [0.2, 0.25) is 0 Å². The lowest BCUT2D eigenvalue weighted by Crippen LogP contribution is -2.40. The Balaban J connectivity index is 2.47. The van der Waals surface area contributed by atoms with E-state index in [0.29, 0.717) is 24.4 Å². The van der Waals surface area contributed by atoms with Gasteiger partial charge in [0.15, 0.2) is 0 Å². The van der Waals surface area contributed by atoms with E-state index in [-0.39, 0.29) is 12.1 Å². The molecule has 1 rings (SSSR count). The number of rotatable bonds is 6. The molecule has 0 N–H and O–H groups in total. The molecule has 0 heterocycles. The van der Waals surface area contributed by atoms with Crippen LogP contribution in [-0.4, -0.2) is 24.3 Å². The third-order valence-corrected chi connectivity index (χ3v) is 4.28. The SMILES string of the molecule is CCC(=O)OCC(C)(C)OC(C)C1CCCC(C)(C)C1. The predicted molar refractivity (Wildman–Crippen MR) is 81.6 cm³/mol. The van der Waals surface area contributed by atoms with Crippen LogP contribution in [-0.2, 0) is 14.3 Å². The highest BCUT2D eigenvalue weighted by molar-refractivity contribution is 5.68. The van der Waals surface area contributed by atoms with Gasteiger partial charge in [-0.15, -0.1) is 0 Å². The van der Waals surface area contributed by atoms with Crippen molar-refractivity contribution in [3.05, 3.63) is 0 Å². The monoisotopic (exact) mass is 284 g/mol. The summed E-state index contributed by atoms with van der Waals surface area (Å²) < 4.78 is 11.4. The van der Waals surface area contributed by atoms with Crippen LogP contribution in [0.15, 0.2) is 0 Å². The summed E-state index contributed by atoms with van der Waals surface area (Å²) in [5, 5.41) is 0. The van der Waals surface area contributed by atoms with Gasteiger partial charge in [-0.25, -0.2) is 0 Å². The number of carbonyl (C=O) groups is 1. The number of ether oxygens (including phenoxy) is 2. The molecule has 0 aromatic carbocycles. The topological polar surface area (TPSA) is 35.5 Å². The molecule has 0 aromatic rings. The van der Waals surface area contributed by atoms with Crippen molar-refractivity contribution < 1.29 is 14.3 Å². The molecule has 1 aliphatic rings. The molecule has 20 heavy (non-hydrogen) atoms. The third-order valence-electron chi connectivity index (χ3n) is 4.28. The Morgan fingerprint density at radius 3 is 2.60 bits per heavy atom. The quantitative estimate of drug-likeness (QED) is 0.681. The van der Waals surface area contributed by atoms with Gasteiger partial charge in [0, 0.05) is 6.42 Å². The molecule has 0 saturated heterocycles. The second kappa shape index (κ2) is 6.93. The van der Waals surface area contributed by atoms with Gasteiger partial charge >= 0.3 is 5.97 Å². The van der Waals surface area contributed by atoms with Gasteiger partial charge in [-0.05, 0) is 51.4 Å². The van der Waals surface area contributed by atoms with Crippen LogP contribution < -0.4 is 0 Å². The first-order valence-corrected chi connectivity index (χ1v) is 7.99. The fourth-order valence-corrected chi connectivity index (χ4v) is 3.15. The molecule has 3 nitrogen and oxygen atoms in total. The Labute approximate surface area is 124 Å². The van der Waals surface area contributed by atoms with E-state index < -0.39 is 5.60 Å². The van der Waals surface area contributed by atoms with Crippen molar-refractivity contribution in [2.75, 3.05) is 6.61 Å². The molecule has 0 spiro atoms. The normalized spacial score (nSPS) is 24.2. The summed E-state index contributed by atoms with van der Waals surface area (Å²) in [7, 11) is 0. The van der Waals surface area contributed by atoms with Crippen molar-refractivity contribution >= 4 is 5.97 Å². The van der Waals surface area contributed by atoms with Gasteiger partial charge < -0.3 is 9.47 Å². The van der Waals surface area contributed by atoms with Crippen molar-refractivity contribution in [1.82, 2.24) is 0 Å². The van der Waals surface area contributed by atoms with Gasteiger partial charge in [-0.2, -0.15) is 0 Å². The van der Waals surface area contributed by atoms with E-state index in [9.17, 15) is 4.79 Å². The zero-order chi connectivity index (χ0) is 15.4. The van der Waals surface area contributed by atoms with E-state index >= 15 is 0 Å². The smallest absolute Gasteiger partial charge is 0.305 e. The van der Waals surface area contributed by atoms with Crippen LogP contribution in [0.3, 0.4) is 0 Å². The van der Waals surface area contributed by atoms with E-state index in [1.165, 1.54) is 25.7 Å². The summed E-state index contributed by atoms with van der Waals surface area (Å²) in [6, 6.07) is 0. The average Bonchev–Trinajstić information content (AvgIpc) is 2.34. The molecule has 1 aliphatic carbocycles. The van der Waals surface area contributed by atoms with Crippen LogP contribution >= 0.6 is 0 Å². The molecule has 0 bridgehead atoms. The van der Waals surface area contributed by atoms with Crippen LogP contribution in [0, 0.1) is 11.3 Å². The van der Waals surface area contributed by atoms with Crippen molar-refractivity contribution in [3.8, 4) is 0 Å². The number of esters is 1. The molecular formula is C17H32O3. The molecule has 2 atom stereocenters. The second-order valence-corrected chi connectivity index (χ2v) is 7.62. The fourth-order valence-electron chi connectivity index (χ4n) is 3.15. The Hall–Kier alpha value is -0.570. The van der Waals surface area contributed by atoms with E-state index in [2.05, 4.69) is 20.8 Å².